The van der Waals surface area contributed by atoms with Gasteiger partial charge in [0.2, 0.25) is 0 Å². The Bertz CT molecular complexity index is 380. The molecule has 0 spiro atoms. The fourth-order valence-corrected chi connectivity index (χ4v) is 1.56. The summed E-state index contributed by atoms with van der Waals surface area (Å²) in [5, 5.41) is 3.77. The second-order valence-corrected chi connectivity index (χ2v) is 4.31. The van der Waals surface area contributed by atoms with Crippen molar-refractivity contribution in [1.29, 1.82) is 0 Å². The predicted octanol–water partition coefficient (Wildman–Crippen LogP) is 3.38. The van der Waals surface area contributed by atoms with Gasteiger partial charge in [-0.15, -0.1) is 0 Å². The molecule has 0 saturated heterocycles. The van der Waals surface area contributed by atoms with E-state index < -0.39 is 32.2 Å². The van der Waals surface area contributed by atoms with Gasteiger partial charge in [0.15, 0.2) is 0 Å². The zero-order valence-electron chi connectivity index (χ0n) is 9.05. The van der Waals surface area contributed by atoms with Crippen molar-refractivity contribution in [3.63, 3.8) is 0 Å². The number of hydrogen-bond donors (Lipinski definition) is 0. The fraction of sp³-hybridized carbons (Fsp3) is 0.667. The molecule has 0 fully saturated rings. The van der Waals surface area contributed by atoms with E-state index >= 15 is 0 Å². The molecule has 0 amide bonds. The van der Waals surface area contributed by atoms with Crippen LogP contribution in [0.4, 0.5) is 22.0 Å². The van der Waals surface area contributed by atoms with Crippen molar-refractivity contribution in [3.05, 3.63) is 16.4 Å². The zero-order chi connectivity index (χ0) is 13.8. The summed E-state index contributed by atoms with van der Waals surface area (Å²) in [6.45, 7) is -1.22. The summed E-state index contributed by atoms with van der Waals surface area (Å²) in [5.41, 5.74) is 0.290. The third kappa shape index (κ3) is 5.76. The summed E-state index contributed by atoms with van der Waals surface area (Å²) in [5.74, 6) is 0. The zero-order valence-corrected chi connectivity index (χ0v) is 10.6. The van der Waals surface area contributed by atoms with E-state index in [1.165, 1.54) is 6.20 Å². The summed E-state index contributed by atoms with van der Waals surface area (Å²) in [7, 11) is 0. The number of ether oxygens (including phenoxy) is 1. The van der Waals surface area contributed by atoms with E-state index in [1.807, 2.05) is 0 Å². The first-order valence-electron chi connectivity index (χ1n) is 4.92. The van der Waals surface area contributed by atoms with Crippen molar-refractivity contribution in [1.82, 2.24) is 9.78 Å². The highest BCUT2D eigenvalue weighted by Gasteiger charge is 2.26. The van der Waals surface area contributed by atoms with E-state index in [0.717, 1.165) is 4.68 Å². The third-order valence-corrected chi connectivity index (χ3v) is 2.54. The Labute approximate surface area is 108 Å². The Kier molecular flexibility index (Phi) is 5.51. The summed E-state index contributed by atoms with van der Waals surface area (Å²) in [4.78, 5) is 0. The van der Waals surface area contributed by atoms with Gasteiger partial charge >= 0.3 is 6.18 Å². The van der Waals surface area contributed by atoms with Crippen LogP contribution in [-0.2, 0) is 17.9 Å². The van der Waals surface area contributed by atoms with Crippen LogP contribution in [0.2, 0.25) is 0 Å². The minimum Gasteiger partial charge on any atom is -0.375 e. The molecule has 104 valence electrons. The molecule has 1 heterocycles. The number of nitrogens with zero attached hydrogens (tertiary/aromatic N) is 2. The van der Waals surface area contributed by atoms with E-state index in [-0.39, 0.29) is 12.3 Å². The minimum atomic E-state index is -4.27. The van der Waals surface area contributed by atoms with Crippen LogP contribution >= 0.6 is 15.9 Å². The highest BCUT2D eigenvalue weighted by atomic mass is 79.9. The lowest BCUT2D eigenvalue weighted by Crippen LogP contribution is -2.12. The van der Waals surface area contributed by atoms with Crippen molar-refractivity contribution in [2.24, 2.45) is 0 Å². The predicted molar refractivity (Wildman–Crippen MR) is 56.3 cm³/mol. The molecule has 1 aromatic rings. The normalized spacial score (nSPS) is 12.4. The smallest absolute Gasteiger partial charge is 0.375 e. The van der Waals surface area contributed by atoms with Crippen LogP contribution in [0.15, 0.2) is 10.7 Å². The van der Waals surface area contributed by atoms with Crippen LogP contribution in [0.3, 0.4) is 0 Å². The molecule has 0 aliphatic heterocycles. The molecular weight excluding hydrogens is 327 g/mol. The maximum Gasteiger partial charge on any atom is 0.391 e. The van der Waals surface area contributed by atoms with E-state index in [0.29, 0.717) is 4.47 Å². The van der Waals surface area contributed by atoms with E-state index in [1.54, 1.807) is 0 Å². The van der Waals surface area contributed by atoms with Crippen molar-refractivity contribution >= 4 is 15.9 Å². The quantitative estimate of drug-likeness (QED) is 0.588. The van der Waals surface area contributed by atoms with Crippen LogP contribution in [0.25, 0.3) is 0 Å². The molecule has 18 heavy (non-hydrogen) atoms. The van der Waals surface area contributed by atoms with Gasteiger partial charge in [0.1, 0.15) is 12.2 Å². The molecule has 0 bridgehead atoms. The monoisotopic (exact) mass is 336 g/mol. The van der Waals surface area contributed by atoms with Crippen LogP contribution in [-0.4, -0.2) is 29.0 Å². The van der Waals surface area contributed by atoms with Gasteiger partial charge in [-0.1, -0.05) is 0 Å². The van der Waals surface area contributed by atoms with Gasteiger partial charge in [-0.05, 0) is 15.9 Å². The van der Waals surface area contributed by atoms with Gasteiger partial charge in [0.05, 0.1) is 24.1 Å². The molecular formula is C9H10BrF5N2O. The fourth-order valence-electron chi connectivity index (χ4n) is 1.13. The van der Waals surface area contributed by atoms with Crippen molar-refractivity contribution in [3.8, 4) is 0 Å². The van der Waals surface area contributed by atoms with Crippen LogP contribution in [0, 0.1) is 0 Å². The Balaban J connectivity index is 2.40. The maximum absolute atomic E-state index is 12.1. The summed E-state index contributed by atoms with van der Waals surface area (Å²) in [6, 6.07) is 0. The molecule has 1 rings (SSSR count). The Morgan fingerprint density at radius 2 is 2.06 bits per heavy atom. The van der Waals surface area contributed by atoms with Gasteiger partial charge in [-0.3, -0.25) is 4.68 Å². The molecule has 0 atom stereocenters. The largest absolute Gasteiger partial charge is 0.391 e. The highest BCUT2D eigenvalue weighted by Crippen LogP contribution is 2.20. The first-order valence-corrected chi connectivity index (χ1v) is 5.71. The third-order valence-electron chi connectivity index (χ3n) is 1.88. The van der Waals surface area contributed by atoms with E-state index in [2.05, 4.69) is 21.0 Å². The standard InChI is InChI=1S/C9H10BrF5N2O/c10-6-3-17(4-8(11)12)16-7(6)5-18-2-1-9(13,14)15/h3,8H,1-2,4-5H2. The number of rotatable bonds is 6. The van der Waals surface area contributed by atoms with Crippen molar-refractivity contribution in [2.45, 2.75) is 32.2 Å². The number of aromatic nitrogens is 2. The molecule has 0 N–H and O–H groups in total. The Morgan fingerprint density at radius 1 is 1.39 bits per heavy atom. The number of hydrogen-bond acceptors (Lipinski definition) is 2. The highest BCUT2D eigenvalue weighted by molar-refractivity contribution is 9.10. The lowest BCUT2D eigenvalue weighted by molar-refractivity contribution is -0.146. The number of alkyl halides is 5. The Morgan fingerprint density at radius 3 is 2.61 bits per heavy atom. The van der Waals surface area contributed by atoms with Gasteiger partial charge in [-0.2, -0.15) is 18.3 Å². The Hall–Kier alpha value is -0.700. The summed E-state index contributed by atoms with van der Waals surface area (Å²) >= 11 is 3.07. The second kappa shape index (κ2) is 6.46. The first-order chi connectivity index (χ1) is 8.28. The molecule has 3 nitrogen and oxygen atoms in total. The van der Waals surface area contributed by atoms with Gasteiger partial charge < -0.3 is 4.74 Å². The molecule has 0 radical (unpaired) electrons. The maximum atomic E-state index is 12.1. The van der Waals surface area contributed by atoms with Crippen LogP contribution < -0.4 is 0 Å². The van der Waals surface area contributed by atoms with Gasteiger partial charge in [0.25, 0.3) is 6.43 Å². The van der Waals surface area contributed by atoms with Crippen molar-refractivity contribution < 1.29 is 26.7 Å². The minimum absolute atomic E-state index is 0.160. The van der Waals surface area contributed by atoms with Crippen molar-refractivity contribution in [2.75, 3.05) is 6.61 Å². The molecule has 0 aliphatic carbocycles. The van der Waals surface area contributed by atoms with Gasteiger partial charge in [0, 0.05) is 6.20 Å². The average molecular weight is 337 g/mol. The SMILES string of the molecule is FC(F)Cn1cc(Br)c(COCCC(F)(F)F)n1. The van der Waals surface area contributed by atoms with Crippen LogP contribution in [0.5, 0.6) is 0 Å². The van der Waals surface area contributed by atoms with E-state index in [9.17, 15) is 22.0 Å². The summed E-state index contributed by atoms with van der Waals surface area (Å²) < 4.78 is 65.8. The lowest BCUT2D eigenvalue weighted by Gasteiger charge is -2.06. The molecule has 0 aromatic carbocycles. The second-order valence-electron chi connectivity index (χ2n) is 3.45. The molecule has 9 heteroatoms. The van der Waals surface area contributed by atoms with Gasteiger partial charge in [-0.25, -0.2) is 8.78 Å². The van der Waals surface area contributed by atoms with E-state index in [4.69, 9.17) is 4.74 Å². The molecule has 0 unspecified atom stereocenters. The summed E-state index contributed by atoms with van der Waals surface area (Å²) in [6.07, 6.45) is -6.54. The molecule has 1 aromatic heterocycles. The average Bonchev–Trinajstić information content (AvgIpc) is 2.51. The first kappa shape index (κ1) is 15.4. The van der Waals surface area contributed by atoms with Crippen LogP contribution in [0.1, 0.15) is 12.1 Å². The molecule has 0 saturated carbocycles. The lowest BCUT2D eigenvalue weighted by atomic mass is 10.4. The topological polar surface area (TPSA) is 27.1 Å². The number of halogens is 6. The molecule has 0 aliphatic rings.